The van der Waals surface area contributed by atoms with Crippen LogP contribution in [0.5, 0.6) is 0 Å². The van der Waals surface area contributed by atoms with Crippen molar-refractivity contribution >= 4 is 0 Å². The van der Waals surface area contributed by atoms with Gasteiger partial charge in [-0.05, 0) is 50.7 Å². The van der Waals surface area contributed by atoms with Gasteiger partial charge in [-0.15, -0.1) is 0 Å². The summed E-state index contributed by atoms with van der Waals surface area (Å²) in [5, 5.41) is 6.97. The van der Waals surface area contributed by atoms with Crippen molar-refractivity contribution in [2.75, 3.05) is 32.8 Å². The molecular formula is C17H36N2O. The van der Waals surface area contributed by atoms with Crippen LogP contribution < -0.4 is 10.6 Å². The molecule has 1 rings (SSSR count). The van der Waals surface area contributed by atoms with Gasteiger partial charge in [-0.3, -0.25) is 0 Å². The van der Waals surface area contributed by atoms with E-state index in [1.54, 1.807) is 0 Å². The third kappa shape index (κ3) is 8.93. The fourth-order valence-electron chi connectivity index (χ4n) is 2.78. The largest absolute Gasteiger partial charge is 0.378 e. The molecule has 20 heavy (non-hydrogen) atoms. The van der Waals surface area contributed by atoms with E-state index in [9.17, 15) is 0 Å². The summed E-state index contributed by atoms with van der Waals surface area (Å²) in [5.74, 6) is 0. The van der Waals surface area contributed by atoms with Crippen LogP contribution in [0.15, 0.2) is 0 Å². The lowest BCUT2D eigenvalue weighted by molar-refractivity contribution is 0.0315. The molecule has 0 aromatic heterocycles. The topological polar surface area (TPSA) is 33.3 Å². The van der Waals surface area contributed by atoms with Crippen molar-refractivity contribution in [1.29, 1.82) is 0 Å². The highest BCUT2D eigenvalue weighted by Gasteiger charge is 2.16. The second-order valence-electron chi connectivity index (χ2n) is 6.97. The van der Waals surface area contributed by atoms with Gasteiger partial charge >= 0.3 is 0 Å². The Morgan fingerprint density at radius 3 is 2.60 bits per heavy atom. The van der Waals surface area contributed by atoms with Crippen LogP contribution in [0.4, 0.5) is 0 Å². The van der Waals surface area contributed by atoms with Crippen molar-refractivity contribution in [3.8, 4) is 0 Å². The van der Waals surface area contributed by atoms with E-state index < -0.39 is 0 Å². The van der Waals surface area contributed by atoms with Crippen LogP contribution in [-0.4, -0.2) is 38.9 Å². The molecule has 1 aliphatic heterocycles. The maximum atomic E-state index is 5.91. The summed E-state index contributed by atoms with van der Waals surface area (Å²) in [6, 6.07) is 0. The van der Waals surface area contributed by atoms with E-state index in [4.69, 9.17) is 4.74 Å². The van der Waals surface area contributed by atoms with Crippen LogP contribution in [0, 0.1) is 5.41 Å². The summed E-state index contributed by atoms with van der Waals surface area (Å²) in [5.41, 5.74) is 0.436. The summed E-state index contributed by atoms with van der Waals surface area (Å²) >= 11 is 0. The number of ether oxygens (including phenoxy) is 1. The smallest absolute Gasteiger partial charge is 0.0599 e. The Kier molecular flexibility index (Phi) is 9.49. The van der Waals surface area contributed by atoms with Crippen molar-refractivity contribution in [3.05, 3.63) is 0 Å². The monoisotopic (exact) mass is 284 g/mol. The molecule has 0 aromatic carbocycles. The summed E-state index contributed by atoms with van der Waals surface area (Å²) < 4.78 is 5.91. The van der Waals surface area contributed by atoms with Gasteiger partial charge in [-0.1, -0.05) is 40.0 Å². The molecule has 0 aliphatic carbocycles. The number of hydrogen-bond donors (Lipinski definition) is 2. The zero-order valence-electron chi connectivity index (χ0n) is 14.0. The molecule has 120 valence electrons. The molecule has 1 aliphatic rings. The van der Waals surface area contributed by atoms with Crippen LogP contribution in [0.25, 0.3) is 0 Å². The Morgan fingerprint density at radius 1 is 1.15 bits per heavy atom. The average molecular weight is 284 g/mol. The van der Waals surface area contributed by atoms with Gasteiger partial charge in [0.05, 0.1) is 6.10 Å². The second-order valence-corrected chi connectivity index (χ2v) is 6.97. The Bertz CT molecular complexity index is 225. The van der Waals surface area contributed by atoms with E-state index >= 15 is 0 Å². The SMILES string of the molecule is CCCCCC(C)(C)CNCCCOC1CCNCC1. The van der Waals surface area contributed by atoms with E-state index in [1.165, 1.54) is 38.5 Å². The lowest BCUT2D eigenvalue weighted by Gasteiger charge is -2.25. The molecule has 1 fully saturated rings. The van der Waals surface area contributed by atoms with Crippen LogP contribution in [0.2, 0.25) is 0 Å². The predicted octanol–water partition coefficient (Wildman–Crippen LogP) is 3.34. The second kappa shape index (κ2) is 10.6. The minimum Gasteiger partial charge on any atom is -0.378 e. The van der Waals surface area contributed by atoms with Gasteiger partial charge in [0.15, 0.2) is 0 Å². The lowest BCUT2D eigenvalue weighted by Crippen LogP contribution is -2.33. The number of piperidine rings is 1. The predicted molar refractivity (Wildman–Crippen MR) is 87.3 cm³/mol. The first-order valence-corrected chi connectivity index (χ1v) is 8.67. The molecule has 0 radical (unpaired) electrons. The summed E-state index contributed by atoms with van der Waals surface area (Å²) in [7, 11) is 0. The highest BCUT2D eigenvalue weighted by atomic mass is 16.5. The summed E-state index contributed by atoms with van der Waals surface area (Å²) in [6.07, 6.45) is 9.38. The van der Waals surface area contributed by atoms with Crippen molar-refractivity contribution in [2.24, 2.45) is 5.41 Å². The number of nitrogens with one attached hydrogen (secondary N) is 2. The number of hydrogen-bond acceptors (Lipinski definition) is 3. The van der Waals surface area contributed by atoms with Crippen LogP contribution in [0.1, 0.15) is 65.7 Å². The average Bonchev–Trinajstić information content (AvgIpc) is 2.44. The van der Waals surface area contributed by atoms with E-state index in [-0.39, 0.29) is 0 Å². The Morgan fingerprint density at radius 2 is 1.90 bits per heavy atom. The van der Waals surface area contributed by atoms with E-state index in [0.717, 1.165) is 39.2 Å². The Balaban J connectivity index is 1.92. The Labute approximate surface area is 126 Å². The van der Waals surface area contributed by atoms with E-state index in [1.807, 2.05) is 0 Å². The summed E-state index contributed by atoms with van der Waals surface area (Å²) in [6.45, 7) is 12.4. The molecule has 0 amide bonds. The fourth-order valence-corrected chi connectivity index (χ4v) is 2.78. The van der Waals surface area contributed by atoms with Gasteiger partial charge in [-0.2, -0.15) is 0 Å². The molecular weight excluding hydrogens is 248 g/mol. The Hall–Kier alpha value is -0.120. The number of rotatable bonds is 11. The van der Waals surface area contributed by atoms with Gasteiger partial charge in [0.1, 0.15) is 0 Å². The molecule has 0 bridgehead atoms. The van der Waals surface area contributed by atoms with Crippen LogP contribution in [0.3, 0.4) is 0 Å². The highest BCUT2D eigenvalue weighted by Crippen LogP contribution is 2.22. The minimum absolute atomic E-state index is 0.436. The maximum absolute atomic E-state index is 5.91. The van der Waals surface area contributed by atoms with Crippen molar-refractivity contribution in [1.82, 2.24) is 10.6 Å². The normalized spacial score (nSPS) is 17.6. The minimum atomic E-state index is 0.436. The molecule has 0 saturated carbocycles. The molecule has 0 aromatic rings. The molecule has 3 nitrogen and oxygen atoms in total. The fraction of sp³-hybridized carbons (Fsp3) is 1.00. The van der Waals surface area contributed by atoms with E-state index in [0.29, 0.717) is 11.5 Å². The third-order valence-electron chi connectivity index (χ3n) is 4.20. The van der Waals surface area contributed by atoms with Gasteiger partial charge in [-0.25, -0.2) is 0 Å². The molecule has 1 saturated heterocycles. The third-order valence-corrected chi connectivity index (χ3v) is 4.20. The highest BCUT2D eigenvalue weighted by molar-refractivity contribution is 4.72. The van der Waals surface area contributed by atoms with Gasteiger partial charge in [0, 0.05) is 13.2 Å². The van der Waals surface area contributed by atoms with Gasteiger partial charge in [0.25, 0.3) is 0 Å². The van der Waals surface area contributed by atoms with Gasteiger partial charge < -0.3 is 15.4 Å². The molecule has 0 spiro atoms. The zero-order chi connectivity index (χ0) is 14.7. The first-order valence-electron chi connectivity index (χ1n) is 8.67. The zero-order valence-corrected chi connectivity index (χ0v) is 14.0. The summed E-state index contributed by atoms with van der Waals surface area (Å²) in [4.78, 5) is 0. The van der Waals surface area contributed by atoms with Crippen molar-refractivity contribution in [3.63, 3.8) is 0 Å². The first-order chi connectivity index (χ1) is 9.64. The van der Waals surface area contributed by atoms with Crippen LogP contribution >= 0.6 is 0 Å². The molecule has 2 N–H and O–H groups in total. The quantitative estimate of drug-likeness (QED) is 0.571. The molecule has 0 unspecified atom stereocenters. The molecule has 3 heteroatoms. The standard InChI is InChI=1S/C17H36N2O/c1-4-5-6-10-17(2,3)15-19-11-7-14-20-16-8-12-18-13-9-16/h16,18-19H,4-15H2,1-3H3. The molecule has 1 heterocycles. The van der Waals surface area contributed by atoms with Crippen molar-refractivity contribution in [2.45, 2.75) is 71.8 Å². The first kappa shape index (κ1) is 17.9. The maximum Gasteiger partial charge on any atom is 0.0599 e. The van der Waals surface area contributed by atoms with Crippen LogP contribution in [-0.2, 0) is 4.74 Å². The molecule has 0 atom stereocenters. The van der Waals surface area contributed by atoms with Gasteiger partial charge in [0.2, 0.25) is 0 Å². The van der Waals surface area contributed by atoms with E-state index in [2.05, 4.69) is 31.4 Å². The lowest BCUT2D eigenvalue weighted by atomic mass is 9.87. The number of unbranched alkanes of at least 4 members (excludes halogenated alkanes) is 2. The van der Waals surface area contributed by atoms with Crippen molar-refractivity contribution < 1.29 is 4.74 Å².